The van der Waals surface area contributed by atoms with E-state index in [4.69, 9.17) is 27.5 Å². The molecule has 3 rings (SSSR count). The van der Waals surface area contributed by atoms with Gasteiger partial charge in [0.05, 0.1) is 23.8 Å². The highest BCUT2D eigenvalue weighted by Gasteiger charge is 2.35. The molecule has 2 unspecified atom stereocenters. The van der Waals surface area contributed by atoms with E-state index in [1.807, 2.05) is 0 Å². The molecule has 0 bridgehead atoms. The van der Waals surface area contributed by atoms with Crippen LogP contribution in [-0.2, 0) is 4.74 Å². The zero-order chi connectivity index (χ0) is 14.1. The molecule has 5 nitrogen and oxygen atoms in total. The quantitative estimate of drug-likeness (QED) is 0.647. The first-order chi connectivity index (χ1) is 9.68. The number of nitrogens with two attached hydrogens (primary N) is 1. The Bertz CT molecular complexity index is 520. The zero-order valence-electron chi connectivity index (χ0n) is 11.3. The maximum atomic E-state index is 7.59. The van der Waals surface area contributed by atoms with Crippen LogP contribution in [0.1, 0.15) is 31.2 Å². The Labute approximate surface area is 123 Å². The second-order valence-corrected chi connectivity index (χ2v) is 5.74. The lowest BCUT2D eigenvalue weighted by Gasteiger charge is -2.44. The fraction of sp³-hybridized carbons (Fsp3) is 0.571. The Morgan fingerprint density at radius 1 is 1.45 bits per heavy atom. The van der Waals surface area contributed by atoms with Crippen molar-refractivity contribution >= 4 is 23.3 Å². The van der Waals surface area contributed by atoms with Crippen LogP contribution >= 0.6 is 11.6 Å². The standard InChI is InChI=1S/C14H19ClN4O/c15-12-9(13(16)17)5-6-18-14(12)19-7-8-20-11-4-2-1-3-10(11)19/h5-6,10-11H,1-4,7-8H2,(H3,16,17). The molecule has 0 amide bonds. The molecule has 108 valence electrons. The number of pyridine rings is 1. The summed E-state index contributed by atoms with van der Waals surface area (Å²) in [7, 11) is 0. The maximum absolute atomic E-state index is 7.59. The van der Waals surface area contributed by atoms with Crippen molar-refractivity contribution in [2.24, 2.45) is 5.73 Å². The second kappa shape index (κ2) is 5.58. The number of amidine groups is 1. The van der Waals surface area contributed by atoms with Gasteiger partial charge in [-0.05, 0) is 18.9 Å². The van der Waals surface area contributed by atoms with Crippen LogP contribution in [0.5, 0.6) is 0 Å². The Kier molecular flexibility index (Phi) is 3.81. The van der Waals surface area contributed by atoms with E-state index in [0.29, 0.717) is 23.2 Å². The molecule has 2 heterocycles. The molecule has 1 aliphatic carbocycles. The minimum atomic E-state index is -0.0212. The lowest BCUT2D eigenvalue weighted by molar-refractivity contribution is -0.00897. The summed E-state index contributed by atoms with van der Waals surface area (Å²) in [6.07, 6.45) is 6.59. The lowest BCUT2D eigenvalue weighted by atomic mass is 9.90. The van der Waals surface area contributed by atoms with Crippen LogP contribution in [0.25, 0.3) is 0 Å². The van der Waals surface area contributed by atoms with Gasteiger partial charge in [0.2, 0.25) is 0 Å². The van der Waals surface area contributed by atoms with Crippen molar-refractivity contribution in [1.82, 2.24) is 4.98 Å². The van der Waals surface area contributed by atoms with Crippen molar-refractivity contribution in [2.75, 3.05) is 18.1 Å². The maximum Gasteiger partial charge on any atom is 0.148 e. The van der Waals surface area contributed by atoms with Gasteiger partial charge in [-0.15, -0.1) is 0 Å². The number of nitrogens with one attached hydrogen (secondary N) is 1. The molecule has 1 aliphatic heterocycles. The van der Waals surface area contributed by atoms with Crippen LogP contribution in [0.3, 0.4) is 0 Å². The van der Waals surface area contributed by atoms with Gasteiger partial charge in [0.15, 0.2) is 0 Å². The highest BCUT2D eigenvalue weighted by molar-refractivity contribution is 6.36. The smallest absolute Gasteiger partial charge is 0.148 e. The SMILES string of the molecule is N=C(N)c1ccnc(N2CCOC3CCCCC32)c1Cl. The number of anilines is 1. The van der Waals surface area contributed by atoms with Crippen molar-refractivity contribution in [1.29, 1.82) is 5.41 Å². The molecule has 1 saturated carbocycles. The number of nitrogen functional groups attached to an aromatic ring is 1. The fourth-order valence-corrected chi connectivity index (χ4v) is 3.52. The number of nitrogens with zero attached hydrogens (tertiary/aromatic N) is 2. The summed E-state index contributed by atoms with van der Waals surface area (Å²) in [6, 6.07) is 2.03. The van der Waals surface area contributed by atoms with Gasteiger partial charge < -0.3 is 15.4 Å². The van der Waals surface area contributed by atoms with Gasteiger partial charge in [-0.25, -0.2) is 4.98 Å². The second-order valence-electron chi connectivity index (χ2n) is 5.36. The highest BCUT2D eigenvalue weighted by Crippen LogP contribution is 2.35. The topological polar surface area (TPSA) is 75.2 Å². The Hall–Kier alpha value is -1.33. The predicted molar refractivity (Wildman–Crippen MR) is 79.6 cm³/mol. The number of halogens is 1. The van der Waals surface area contributed by atoms with Gasteiger partial charge in [0.1, 0.15) is 11.7 Å². The Morgan fingerprint density at radius 2 is 2.25 bits per heavy atom. The average molecular weight is 295 g/mol. The van der Waals surface area contributed by atoms with Gasteiger partial charge in [-0.3, -0.25) is 5.41 Å². The monoisotopic (exact) mass is 294 g/mol. The van der Waals surface area contributed by atoms with Crippen LogP contribution in [0.2, 0.25) is 5.02 Å². The molecule has 0 spiro atoms. The van der Waals surface area contributed by atoms with Crippen molar-refractivity contribution in [3.05, 3.63) is 22.8 Å². The van der Waals surface area contributed by atoms with E-state index in [1.165, 1.54) is 12.8 Å². The molecule has 1 saturated heterocycles. The van der Waals surface area contributed by atoms with E-state index in [9.17, 15) is 0 Å². The molecule has 1 aromatic heterocycles. The number of hydrogen-bond acceptors (Lipinski definition) is 4. The molecular formula is C14H19ClN4O. The molecule has 0 radical (unpaired) electrons. The van der Waals surface area contributed by atoms with E-state index >= 15 is 0 Å². The first kappa shape index (κ1) is 13.6. The highest BCUT2D eigenvalue weighted by atomic mass is 35.5. The van der Waals surface area contributed by atoms with E-state index in [-0.39, 0.29) is 11.9 Å². The van der Waals surface area contributed by atoms with Crippen molar-refractivity contribution in [2.45, 2.75) is 37.8 Å². The first-order valence-electron chi connectivity index (χ1n) is 7.05. The molecule has 1 aromatic rings. The number of hydrogen-bond donors (Lipinski definition) is 2. The van der Waals surface area contributed by atoms with Crippen molar-refractivity contribution in [3.8, 4) is 0 Å². The lowest BCUT2D eigenvalue weighted by Crippen LogP contribution is -2.53. The Balaban J connectivity index is 1.95. The third-order valence-electron chi connectivity index (χ3n) is 4.17. The summed E-state index contributed by atoms with van der Waals surface area (Å²) in [5.74, 6) is 0.715. The minimum Gasteiger partial charge on any atom is -0.384 e. The predicted octanol–water partition coefficient (Wildman–Crippen LogP) is 2.17. The molecule has 20 heavy (non-hydrogen) atoms. The fourth-order valence-electron chi connectivity index (χ4n) is 3.20. The molecule has 2 fully saturated rings. The third kappa shape index (κ3) is 2.36. The van der Waals surface area contributed by atoms with E-state index < -0.39 is 0 Å². The van der Waals surface area contributed by atoms with Gasteiger partial charge in [-0.1, -0.05) is 24.4 Å². The van der Waals surface area contributed by atoms with E-state index in [2.05, 4.69) is 9.88 Å². The van der Waals surface area contributed by atoms with Crippen LogP contribution in [-0.4, -0.2) is 36.1 Å². The van der Waals surface area contributed by atoms with Crippen molar-refractivity contribution in [3.63, 3.8) is 0 Å². The third-order valence-corrected chi connectivity index (χ3v) is 4.54. The van der Waals surface area contributed by atoms with Crippen LogP contribution in [0.4, 0.5) is 5.82 Å². The van der Waals surface area contributed by atoms with E-state index in [0.717, 1.165) is 25.2 Å². The van der Waals surface area contributed by atoms with Crippen LogP contribution in [0.15, 0.2) is 12.3 Å². The van der Waals surface area contributed by atoms with Crippen LogP contribution in [0, 0.1) is 5.41 Å². The molecule has 6 heteroatoms. The van der Waals surface area contributed by atoms with Crippen molar-refractivity contribution < 1.29 is 4.74 Å². The van der Waals surface area contributed by atoms with Gasteiger partial charge >= 0.3 is 0 Å². The number of morpholine rings is 1. The summed E-state index contributed by atoms with van der Waals surface area (Å²) in [5, 5.41) is 8.07. The van der Waals surface area contributed by atoms with Gasteiger partial charge in [0, 0.05) is 18.3 Å². The summed E-state index contributed by atoms with van der Waals surface area (Å²) < 4.78 is 5.87. The summed E-state index contributed by atoms with van der Waals surface area (Å²) in [5.41, 5.74) is 6.12. The summed E-state index contributed by atoms with van der Waals surface area (Å²) in [6.45, 7) is 1.48. The molecule has 2 aliphatic rings. The number of fused-ring (bicyclic) bond motifs is 1. The number of rotatable bonds is 2. The normalized spacial score (nSPS) is 26.1. The summed E-state index contributed by atoms with van der Waals surface area (Å²) in [4.78, 5) is 6.66. The first-order valence-corrected chi connectivity index (χ1v) is 7.43. The zero-order valence-corrected chi connectivity index (χ0v) is 12.1. The molecule has 2 atom stereocenters. The summed E-state index contributed by atoms with van der Waals surface area (Å²) >= 11 is 6.40. The molecule has 0 aromatic carbocycles. The molecular weight excluding hydrogens is 276 g/mol. The Morgan fingerprint density at radius 3 is 3.05 bits per heavy atom. The largest absolute Gasteiger partial charge is 0.384 e. The average Bonchev–Trinajstić information content (AvgIpc) is 2.47. The minimum absolute atomic E-state index is 0.0212. The van der Waals surface area contributed by atoms with E-state index in [1.54, 1.807) is 12.3 Å². The number of aromatic nitrogens is 1. The molecule has 3 N–H and O–H groups in total. The van der Waals surface area contributed by atoms with Gasteiger partial charge in [0.25, 0.3) is 0 Å². The van der Waals surface area contributed by atoms with Crippen LogP contribution < -0.4 is 10.6 Å². The van der Waals surface area contributed by atoms with Gasteiger partial charge in [-0.2, -0.15) is 0 Å². The number of ether oxygens (including phenoxy) is 1.